The highest BCUT2D eigenvalue weighted by Gasteiger charge is 2.38. The zero-order valence-corrected chi connectivity index (χ0v) is 15.4. The molecule has 0 amide bonds. The molecule has 4 rings (SSSR count). The number of aromatic hydroxyl groups is 2. The number of hydrogen-bond donors (Lipinski definition) is 2. The number of phenolic OH excluding ortho intramolecular Hbond substituents is 2. The molecule has 3 aromatic carbocycles. The van der Waals surface area contributed by atoms with E-state index < -0.39 is 0 Å². The van der Waals surface area contributed by atoms with Crippen LogP contribution in [0, 0.1) is 5.92 Å². The van der Waals surface area contributed by atoms with Crippen molar-refractivity contribution in [3.8, 4) is 17.2 Å². The lowest BCUT2D eigenvalue weighted by Gasteiger charge is -2.40. The van der Waals surface area contributed by atoms with Crippen molar-refractivity contribution in [2.75, 3.05) is 0 Å². The van der Waals surface area contributed by atoms with Crippen molar-refractivity contribution >= 4 is 0 Å². The largest absolute Gasteiger partial charge is 0.508 e. The predicted octanol–water partition coefficient (Wildman–Crippen LogP) is 5.58. The van der Waals surface area contributed by atoms with E-state index in [-0.39, 0.29) is 29.4 Å². The van der Waals surface area contributed by atoms with Crippen molar-refractivity contribution in [3.05, 3.63) is 89.5 Å². The van der Waals surface area contributed by atoms with E-state index in [1.54, 1.807) is 18.2 Å². The summed E-state index contributed by atoms with van der Waals surface area (Å²) in [6.07, 6.45) is 1.77. The molecular weight excluding hydrogens is 336 g/mol. The quantitative estimate of drug-likeness (QED) is 0.638. The van der Waals surface area contributed by atoms with E-state index >= 15 is 0 Å². The molecule has 138 valence electrons. The molecule has 0 radical (unpaired) electrons. The number of phenols is 2. The van der Waals surface area contributed by atoms with Crippen LogP contribution in [-0.2, 0) is 6.42 Å². The molecule has 1 aliphatic rings. The van der Waals surface area contributed by atoms with Gasteiger partial charge in [-0.15, -0.1) is 0 Å². The van der Waals surface area contributed by atoms with Crippen LogP contribution in [0.25, 0.3) is 0 Å². The normalized spacial score (nSPS) is 21.3. The number of rotatable bonds is 4. The van der Waals surface area contributed by atoms with Crippen LogP contribution in [-0.4, -0.2) is 10.2 Å². The fraction of sp³-hybridized carbons (Fsp3) is 0.250. The molecular formula is C24H24O3. The Morgan fingerprint density at radius 3 is 2.26 bits per heavy atom. The minimum absolute atomic E-state index is 0.0821. The molecule has 0 unspecified atom stereocenters. The first kappa shape index (κ1) is 17.5. The van der Waals surface area contributed by atoms with E-state index in [4.69, 9.17) is 4.74 Å². The number of benzene rings is 3. The predicted molar refractivity (Wildman–Crippen MR) is 106 cm³/mol. The van der Waals surface area contributed by atoms with Gasteiger partial charge in [-0.05, 0) is 60.2 Å². The molecule has 0 saturated heterocycles. The number of hydrogen-bond acceptors (Lipinski definition) is 3. The maximum absolute atomic E-state index is 10.1. The van der Waals surface area contributed by atoms with Crippen LogP contribution in [0.2, 0.25) is 0 Å². The highest BCUT2D eigenvalue weighted by atomic mass is 16.5. The Kier molecular flexibility index (Phi) is 4.76. The van der Waals surface area contributed by atoms with Gasteiger partial charge in [0.1, 0.15) is 23.4 Å². The van der Waals surface area contributed by atoms with Gasteiger partial charge in [-0.2, -0.15) is 0 Å². The Balaban J connectivity index is 1.78. The summed E-state index contributed by atoms with van der Waals surface area (Å²) in [7, 11) is 0. The fourth-order valence-corrected chi connectivity index (χ4v) is 4.21. The van der Waals surface area contributed by atoms with Crippen molar-refractivity contribution in [3.63, 3.8) is 0 Å². The first-order valence-corrected chi connectivity index (χ1v) is 9.48. The maximum Gasteiger partial charge on any atom is 0.127 e. The van der Waals surface area contributed by atoms with Gasteiger partial charge in [0.2, 0.25) is 0 Å². The lowest BCUT2D eigenvalue weighted by atomic mass is 9.73. The highest BCUT2D eigenvalue weighted by Crippen LogP contribution is 2.49. The molecule has 0 aliphatic carbocycles. The van der Waals surface area contributed by atoms with Gasteiger partial charge in [-0.3, -0.25) is 0 Å². The molecule has 1 aliphatic heterocycles. The molecule has 3 aromatic rings. The maximum atomic E-state index is 10.1. The fourth-order valence-electron chi connectivity index (χ4n) is 4.21. The number of ether oxygens (including phenoxy) is 1. The first-order valence-electron chi connectivity index (χ1n) is 9.48. The first-order chi connectivity index (χ1) is 13.2. The van der Waals surface area contributed by atoms with E-state index in [0.29, 0.717) is 0 Å². The molecule has 27 heavy (non-hydrogen) atoms. The van der Waals surface area contributed by atoms with Gasteiger partial charge in [-0.1, -0.05) is 49.4 Å². The third-order valence-electron chi connectivity index (χ3n) is 5.54. The molecule has 0 bridgehead atoms. The van der Waals surface area contributed by atoms with Gasteiger partial charge >= 0.3 is 0 Å². The van der Waals surface area contributed by atoms with Gasteiger partial charge < -0.3 is 14.9 Å². The van der Waals surface area contributed by atoms with Crippen LogP contribution < -0.4 is 4.74 Å². The van der Waals surface area contributed by atoms with Crippen LogP contribution >= 0.6 is 0 Å². The second-order valence-corrected chi connectivity index (χ2v) is 7.22. The van der Waals surface area contributed by atoms with E-state index in [2.05, 4.69) is 31.2 Å². The van der Waals surface area contributed by atoms with Gasteiger partial charge in [0.05, 0.1) is 0 Å². The van der Waals surface area contributed by atoms with Gasteiger partial charge in [0.25, 0.3) is 0 Å². The van der Waals surface area contributed by atoms with Gasteiger partial charge in [0, 0.05) is 11.5 Å². The van der Waals surface area contributed by atoms with E-state index in [0.717, 1.165) is 29.7 Å². The topological polar surface area (TPSA) is 49.7 Å². The molecule has 0 aromatic heterocycles. The summed E-state index contributed by atoms with van der Waals surface area (Å²) in [4.78, 5) is 0. The summed E-state index contributed by atoms with van der Waals surface area (Å²) < 4.78 is 6.39. The monoisotopic (exact) mass is 360 g/mol. The Morgan fingerprint density at radius 1 is 0.852 bits per heavy atom. The summed E-state index contributed by atoms with van der Waals surface area (Å²) >= 11 is 0. The Morgan fingerprint density at radius 2 is 1.56 bits per heavy atom. The highest BCUT2D eigenvalue weighted by molar-refractivity contribution is 5.46. The standard InChI is InChI=1S/C24H24O3/c1-2-20-21(14-16-6-4-3-5-7-16)22-15-19(26)12-13-23(22)27-24(20)17-8-10-18(25)11-9-17/h3-13,15,20-21,24-26H,2,14H2,1H3/t20-,21+,24-/m0/s1. The average Bonchev–Trinajstić information content (AvgIpc) is 2.69. The summed E-state index contributed by atoms with van der Waals surface area (Å²) in [6.45, 7) is 2.19. The third kappa shape index (κ3) is 3.50. The molecule has 3 heteroatoms. The summed E-state index contributed by atoms with van der Waals surface area (Å²) in [5.41, 5.74) is 3.42. The SMILES string of the molecule is CC[C@H]1[C@@H](Cc2ccccc2)c2cc(O)ccc2O[C@H]1c1ccc(O)cc1. The molecule has 3 nitrogen and oxygen atoms in total. The van der Waals surface area contributed by atoms with Crippen molar-refractivity contribution in [1.29, 1.82) is 0 Å². The second-order valence-electron chi connectivity index (χ2n) is 7.22. The van der Waals surface area contributed by atoms with Crippen LogP contribution in [0.4, 0.5) is 0 Å². The summed E-state index contributed by atoms with van der Waals surface area (Å²) in [5.74, 6) is 1.87. The molecule has 2 N–H and O–H groups in total. The second kappa shape index (κ2) is 7.36. The molecule has 3 atom stereocenters. The van der Waals surface area contributed by atoms with Crippen LogP contribution in [0.15, 0.2) is 72.8 Å². The number of fused-ring (bicyclic) bond motifs is 1. The van der Waals surface area contributed by atoms with Crippen LogP contribution in [0.1, 0.15) is 42.1 Å². The lowest BCUT2D eigenvalue weighted by Crippen LogP contribution is -2.30. The van der Waals surface area contributed by atoms with Crippen molar-refractivity contribution < 1.29 is 14.9 Å². The minimum Gasteiger partial charge on any atom is -0.508 e. The Bertz CT molecular complexity index is 903. The van der Waals surface area contributed by atoms with Crippen molar-refractivity contribution in [1.82, 2.24) is 0 Å². The zero-order chi connectivity index (χ0) is 18.8. The Labute approximate surface area is 159 Å². The molecule has 0 fully saturated rings. The average molecular weight is 360 g/mol. The van der Waals surface area contributed by atoms with E-state index in [9.17, 15) is 10.2 Å². The Hall–Kier alpha value is -2.94. The zero-order valence-electron chi connectivity index (χ0n) is 15.4. The van der Waals surface area contributed by atoms with E-state index in [1.807, 2.05) is 30.3 Å². The van der Waals surface area contributed by atoms with Crippen molar-refractivity contribution in [2.45, 2.75) is 31.8 Å². The summed E-state index contributed by atoms with van der Waals surface area (Å²) in [6, 6.07) is 23.2. The smallest absolute Gasteiger partial charge is 0.127 e. The van der Waals surface area contributed by atoms with Crippen LogP contribution in [0.3, 0.4) is 0 Å². The van der Waals surface area contributed by atoms with Gasteiger partial charge in [0.15, 0.2) is 0 Å². The summed E-state index contributed by atoms with van der Waals surface area (Å²) in [5, 5.41) is 19.7. The van der Waals surface area contributed by atoms with Crippen LogP contribution in [0.5, 0.6) is 17.2 Å². The lowest BCUT2D eigenvalue weighted by molar-refractivity contribution is 0.0880. The van der Waals surface area contributed by atoms with Crippen molar-refractivity contribution in [2.24, 2.45) is 5.92 Å². The molecule has 0 spiro atoms. The third-order valence-corrected chi connectivity index (χ3v) is 5.54. The molecule has 0 saturated carbocycles. The van der Waals surface area contributed by atoms with E-state index in [1.165, 1.54) is 5.56 Å². The van der Waals surface area contributed by atoms with Gasteiger partial charge in [-0.25, -0.2) is 0 Å². The molecule has 1 heterocycles. The minimum atomic E-state index is -0.0821.